The predicted octanol–water partition coefficient (Wildman–Crippen LogP) is 3.71. The molecule has 2 amide bonds. The van der Waals surface area contributed by atoms with Crippen molar-refractivity contribution in [2.45, 2.75) is 19.9 Å². The summed E-state index contributed by atoms with van der Waals surface area (Å²) in [5, 5.41) is 3.09. The standard InChI is InChI=1S/C15H16ClF2N3O2/c1-9-14(10-3-5-11(16)6-4-10)23-13(20-9)7-19-15(22)21(2)8-12(17)18/h3-6,12H,7-8H2,1-2H3,(H,19,22). The molecule has 1 N–H and O–H groups in total. The molecule has 1 aromatic carbocycles. The Morgan fingerprint density at radius 3 is 2.65 bits per heavy atom. The summed E-state index contributed by atoms with van der Waals surface area (Å²) in [7, 11) is 1.29. The van der Waals surface area contributed by atoms with Crippen LogP contribution in [-0.4, -0.2) is 35.9 Å². The number of carbonyl (C=O) groups excluding carboxylic acids is 1. The molecule has 2 aromatic rings. The van der Waals surface area contributed by atoms with Crippen molar-refractivity contribution in [1.82, 2.24) is 15.2 Å². The number of aromatic nitrogens is 1. The SMILES string of the molecule is Cc1nc(CNC(=O)N(C)CC(F)F)oc1-c1ccc(Cl)cc1. The van der Waals surface area contributed by atoms with Crippen LogP contribution in [0.15, 0.2) is 28.7 Å². The van der Waals surface area contributed by atoms with Crippen LogP contribution in [0.5, 0.6) is 0 Å². The van der Waals surface area contributed by atoms with Crippen LogP contribution in [0, 0.1) is 6.92 Å². The number of amides is 2. The number of benzene rings is 1. The van der Waals surface area contributed by atoms with Crippen molar-refractivity contribution < 1.29 is 18.0 Å². The van der Waals surface area contributed by atoms with Crippen LogP contribution in [0.3, 0.4) is 0 Å². The molecule has 5 nitrogen and oxygen atoms in total. The van der Waals surface area contributed by atoms with Crippen molar-refractivity contribution in [3.05, 3.63) is 40.9 Å². The number of aryl methyl sites for hydroxylation is 1. The second-order valence-corrected chi connectivity index (χ2v) is 5.40. The molecular formula is C15H16ClF2N3O2. The molecule has 23 heavy (non-hydrogen) atoms. The molecule has 0 unspecified atom stereocenters. The van der Waals surface area contributed by atoms with E-state index in [1.54, 1.807) is 31.2 Å². The molecule has 0 aliphatic heterocycles. The van der Waals surface area contributed by atoms with Crippen molar-refractivity contribution in [2.24, 2.45) is 0 Å². The quantitative estimate of drug-likeness (QED) is 0.900. The van der Waals surface area contributed by atoms with E-state index in [2.05, 4.69) is 10.3 Å². The van der Waals surface area contributed by atoms with Crippen LogP contribution < -0.4 is 5.32 Å². The summed E-state index contributed by atoms with van der Waals surface area (Å²) >= 11 is 5.84. The maximum atomic E-state index is 12.2. The Labute approximate surface area is 137 Å². The molecule has 0 spiro atoms. The Bertz CT molecular complexity index is 674. The zero-order chi connectivity index (χ0) is 17.0. The number of hydrogen-bond donors (Lipinski definition) is 1. The number of alkyl halides is 2. The first-order valence-electron chi connectivity index (χ1n) is 6.86. The third-order valence-corrected chi connectivity index (χ3v) is 3.35. The van der Waals surface area contributed by atoms with Crippen LogP contribution >= 0.6 is 11.6 Å². The van der Waals surface area contributed by atoms with Gasteiger partial charge < -0.3 is 14.6 Å². The van der Waals surface area contributed by atoms with Crippen molar-refractivity contribution in [3.63, 3.8) is 0 Å². The minimum absolute atomic E-state index is 0.0147. The van der Waals surface area contributed by atoms with Gasteiger partial charge in [-0.3, -0.25) is 0 Å². The first-order chi connectivity index (χ1) is 10.9. The number of urea groups is 1. The third-order valence-electron chi connectivity index (χ3n) is 3.10. The molecule has 0 radical (unpaired) electrons. The molecule has 1 aromatic heterocycles. The lowest BCUT2D eigenvalue weighted by Gasteiger charge is -2.16. The fourth-order valence-corrected chi connectivity index (χ4v) is 2.10. The van der Waals surface area contributed by atoms with Gasteiger partial charge in [-0.25, -0.2) is 18.6 Å². The minimum atomic E-state index is -2.58. The van der Waals surface area contributed by atoms with Gasteiger partial charge in [0.2, 0.25) is 5.89 Å². The first-order valence-corrected chi connectivity index (χ1v) is 7.24. The molecule has 0 saturated heterocycles. The van der Waals surface area contributed by atoms with Crippen LogP contribution in [-0.2, 0) is 6.54 Å². The number of carbonyl (C=O) groups is 1. The average molecular weight is 344 g/mol. The highest BCUT2D eigenvalue weighted by Gasteiger charge is 2.16. The van der Waals surface area contributed by atoms with Crippen molar-refractivity contribution in [3.8, 4) is 11.3 Å². The molecule has 0 aliphatic rings. The largest absolute Gasteiger partial charge is 0.438 e. The van der Waals surface area contributed by atoms with Crippen LogP contribution in [0.25, 0.3) is 11.3 Å². The molecule has 0 saturated carbocycles. The smallest absolute Gasteiger partial charge is 0.317 e. The summed E-state index contributed by atoms with van der Waals surface area (Å²) in [6.45, 7) is 1.16. The summed E-state index contributed by atoms with van der Waals surface area (Å²) in [6.07, 6.45) is -2.58. The highest BCUT2D eigenvalue weighted by atomic mass is 35.5. The second-order valence-electron chi connectivity index (χ2n) is 4.96. The molecule has 0 fully saturated rings. The van der Waals surface area contributed by atoms with Gasteiger partial charge in [0.1, 0.15) is 0 Å². The Morgan fingerprint density at radius 1 is 1.39 bits per heavy atom. The van der Waals surface area contributed by atoms with Gasteiger partial charge in [0.15, 0.2) is 5.76 Å². The fraction of sp³-hybridized carbons (Fsp3) is 0.333. The summed E-state index contributed by atoms with van der Waals surface area (Å²) in [4.78, 5) is 16.8. The van der Waals surface area contributed by atoms with Gasteiger partial charge in [-0.1, -0.05) is 11.6 Å². The predicted molar refractivity (Wildman–Crippen MR) is 82.6 cm³/mol. The zero-order valence-corrected chi connectivity index (χ0v) is 13.4. The Morgan fingerprint density at radius 2 is 2.04 bits per heavy atom. The Kier molecular flexibility index (Phi) is 5.54. The summed E-state index contributed by atoms with van der Waals surface area (Å²) in [6, 6.07) is 6.46. The average Bonchev–Trinajstić information content (AvgIpc) is 2.86. The van der Waals surface area contributed by atoms with E-state index in [0.717, 1.165) is 10.5 Å². The van der Waals surface area contributed by atoms with Gasteiger partial charge in [-0.15, -0.1) is 0 Å². The summed E-state index contributed by atoms with van der Waals surface area (Å²) < 4.78 is 30.1. The lowest BCUT2D eigenvalue weighted by molar-refractivity contribution is 0.107. The van der Waals surface area contributed by atoms with E-state index in [0.29, 0.717) is 22.4 Å². The van der Waals surface area contributed by atoms with Gasteiger partial charge in [0.05, 0.1) is 18.8 Å². The van der Waals surface area contributed by atoms with Crippen LogP contribution in [0.2, 0.25) is 5.02 Å². The maximum Gasteiger partial charge on any atom is 0.317 e. The molecule has 0 atom stereocenters. The van der Waals surface area contributed by atoms with E-state index in [4.69, 9.17) is 16.0 Å². The molecule has 0 bridgehead atoms. The molecule has 8 heteroatoms. The van der Waals surface area contributed by atoms with E-state index < -0.39 is 19.0 Å². The lowest BCUT2D eigenvalue weighted by Crippen LogP contribution is -2.39. The molecule has 1 heterocycles. The van der Waals surface area contributed by atoms with E-state index in [1.165, 1.54) is 7.05 Å². The number of oxazole rings is 1. The van der Waals surface area contributed by atoms with Crippen LogP contribution in [0.1, 0.15) is 11.6 Å². The van der Waals surface area contributed by atoms with Crippen molar-refractivity contribution >= 4 is 17.6 Å². The van der Waals surface area contributed by atoms with E-state index in [1.807, 2.05) is 0 Å². The Hall–Kier alpha value is -2.15. The summed E-state index contributed by atoms with van der Waals surface area (Å²) in [5.74, 6) is 0.873. The van der Waals surface area contributed by atoms with Crippen LogP contribution in [0.4, 0.5) is 13.6 Å². The van der Waals surface area contributed by atoms with Gasteiger partial charge in [0, 0.05) is 17.6 Å². The Balaban J connectivity index is 2.01. The van der Waals surface area contributed by atoms with Gasteiger partial charge in [0.25, 0.3) is 6.43 Å². The molecule has 0 aliphatic carbocycles. The lowest BCUT2D eigenvalue weighted by atomic mass is 10.1. The number of nitrogens with zero attached hydrogens (tertiary/aromatic N) is 2. The minimum Gasteiger partial charge on any atom is -0.438 e. The van der Waals surface area contributed by atoms with Gasteiger partial charge >= 0.3 is 6.03 Å². The van der Waals surface area contributed by atoms with E-state index in [-0.39, 0.29) is 6.54 Å². The number of nitrogens with one attached hydrogen (secondary N) is 1. The highest BCUT2D eigenvalue weighted by molar-refractivity contribution is 6.30. The topological polar surface area (TPSA) is 58.4 Å². The summed E-state index contributed by atoms with van der Waals surface area (Å²) in [5.41, 5.74) is 1.48. The first kappa shape index (κ1) is 17.2. The van der Waals surface area contributed by atoms with Gasteiger partial charge in [-0.05, 0) is 31.2 Å². The number of halogens is 3. The maximum absolute atomic E-state index is 12.2. The zero-order valence-electron chi connectivity index (χ0n) is 12.6. The highest BCUT2D eigenvalue weighted by Crippen LogP contribution is 2.25. The van der Waals surface area contributed by atoms with Crippen molar-refractivity contribution in [1.29, 1.82) is 0 Å². The number of rotatable bonds is 5. The van der Waals surface area contributed by atoms with Gasteiger partial charge in [-0.2, -0.15) is 0 Å². The van der Waals surface area contributed by atoms with Crippen molar-refractivity contribution in [2.75, 3.05) is 13.6 Å². The monoisotopic (exact) mass is 343 g/mol. The fourth-order valence-electron chi connectivity index (χ4n) is 1.97. The normalized spacial score (nSPS) is 10.9. The third kappa shape index (κ3) is 4.66. The molecule has 2 rings (SSSR count). The molecule has 124 valence electrons. The second kappa shape index (κ2) is 7.41. The number of hydrogen-bond acceptors (Lipinski definition) is 3. The molecular weight excluding hydrogens is 328 g/mol. The van der Waals surface area contributed by atoms with E-state index in [9.17, 15) is 13.6 Å². The van der Waals surface area contributed by atoms with E-state index >= 15 is 0 Å².